The van der Waals surface area contributed by atoms with Crippen LogP contribution in [-0.4, -0.2) is 70.5 Å². The predicted molar refractivity (Wildman–Crippen MR) is 102 cm³/mol. The van der Waals surface area contributed by atoms with E-state index in [2.05, 4.69) is 20.5 Å². The van der Waals surface area contributed by atoms with Crippen molar-refractivity contribution in [2.24, 2.45) is 4.99 Å². The quantitative estimate of drug-likeness (QED) is 0.383. The molecule has 140 valence electrons. The number of nitrogens with one attached hydrogen (secondary N) is 2. The van der Waals surface area contributed by atoms with Gasteiger partial charge in [0.05, 0.1) is 19.8 Å². The molecule has 25 heavy (non-hydrogen) atoms. The summed E-state index contributed by atoms with van der Waals surface area (Å²) in [5.41, 5.74) is 0. The lowest BCUT2D eigenvalue weighted by atomic mass is 10.3. The molecule has 2 rings (SSSR count). The minimum atomic E-state index is 0.702. The smallest absolute Gasteiger partial charge is 0.190 e. The van der Waals surface area contributed by atoms with Crippen LogP contribution in [0.25, 0.3) is 0 Å². The van der Waals surface area contributed by atoms with Crippen molar-refractivity contribution in [2.75, 3.05) is 59.6 Å². The van der Waals surface area contributed by atoms with E-state index in [-0.39, 0.29) is 0 Å². The fourth-order valence-electron chi connectivity index (χ4n) is 2.70. The molecule has 1 aliphatic heterocycles. The highest BCUT2D eigenvalue weighted by Gasteiger charge is 2.08. The highest BCUT2D eigenvalue weighted by Crippen LogP contribution is 2.08. The minimum Gasteiger partial charge on any atom is -0.494 e. The third-order valence-electron chi connectivity index (χ3n) is 4.15. The van der Waals surface area contributed by atoms with E-state index >= 15 is 0 Å². The molecule has 0 radical (unpaired) electrons. The van der Waals surface area contributed by atoms with Crippen LogP contribution in [0.4, 0.5) is 0 Å². The Kier molecular flexibility index (Phi) is 9.81. The van der Waals surface area contributed by atoms with Gasteiger partial charge in [-0.1, -0.05) is 18.2 Å². The summed E-state index contributed by atoms with van der Waals surface area (Å²) >= 11 is 0. The van der Waals surface area contributed by atoms with Gasteiger partial charge in [0.1, 0.15) is 5.75 Å². The fourth-order valence-corrected chi connectivity index (χ4v) is 2.70. The molecule has 1 fully saturated rings. The number of aliphatic imine (C=N–C) groups is 1. The van der Waals surface area contributed by atoms with Gasteiger partial charge in [-0.25, -0.2) is 0 Å². The number of para-hydroxylation sites is 1. The van der Waals surface area contributed by atoms with Crippen LogP contribution in [0.5, 0.6) is 5.75 Å². The van der Waals surface area contributed by atoms with Gasteiger partial charge in [-0.3, -0.25) is 9.89 Å². The first kappa shape index (κ1) is 19.5. The van der Waals surface area contributed by atoms with Gasteiger partial charge in [-0.05, 0) is 37.9 Å². The second-order valence-corrected chi connectivity index (χ2v) is 6.10. The summed E-state index contributed by atoms with van der Waals surface area (Å²) in [6, 6.07) is 9.91. The summed E-state index contributed by atoms with van der Waals surface area (Å²) in [7, 11) is 1.81. The number of ether oxygens (including phenoxy) is 2. The van der Waals surface area contributed by atoms with Crippen LogP contribution in [-0.2, 0) is 4.74 Å². The van der Waals surface area contributed by atoms with Crippen molar-refractivity contribution >= 4 is 5.96 Å². The summed E-state index contributed by atoms with van der Waals surface area (Å²) < 4.78 is 11.0. The number of hydrogen-bond donors (Lipinski definition) is 2. The Labute approximate surface area is 151 Å². The molecule has 6 heteroatoms. The number of hydrogen-bond acceptors (Lipinski definition) is 4. The molecule has 0 unspecified atom stereocenters. The summed E-state index contributed by atoms with van der Waals surface area (Å²) in [6.07, 6.45) is 3.29. The monoisotopic (exact) mass is 348 g/mol. The number of morpholine rings is 1. The maximum absolute atomic E-state index is 5.68. The van der Waals surface area contributed by atoms with Crippen molar-refractivity contribution in [3.05, 3.63) is 30.3 Å². The van der Waals surface area contributed by atoms with Gasteiger partial charge < -0.3 is 20.1 Å². The Bertz CT molecular complexity index is 476. The van der Waals surface area contributed by atoms with Crippen molar-refractivity contribution in [3.8, 4) is 5.75 Å². The third kappa shape index (κ3) is 8.74. The largest absolute Gasteiger partial charge is 0.494 e. The van der Waals surface area contributed by atoms with Crippen LogP contribution in [0, 0.1) is 0 Å². The van der Waals surface area contributed by atoms with E-state index in [1.54, 1.807) is 0 Å². The minimum absolute atomic E-state index is 0.702. The average Bonchev–Trinajstić information content (AvgIpc) is 2.67. The number of rotatable bonds is 10. The van der Waals surface area contributed by atoms with Crippen molar-refractivity contribution < 1.29 is 9.47 Å². The average molecular weight is 348 g/mol. The standard InChI is InChI=1S/C19H32N4O2/c1-20-19(21-10-5-6-12-23-13-16-24-17-14-23)22-11-7-15-25-18-8-3-2-4-9-18/h2-4,8-9H,5-7,10-17H2,1H3,(H2,20,21,22). The molecule has 1 saturated heterocycles. The molecule has 0 amide bonds. The van der Waals surface area contributed by atoms with Gasteiger partial charge in [-0.15, -0.1) is 0 Å². The first-order valence-corrected chi connectivity index (χ1v) is 9.31. The van der Waals surface area contributed by atoms with Gasteiger partial charge in [-0.2, -0.15) is 0 Å². The Balaban J connectivity index is 1.45. The molecule has 1 aromatic rings. The molecule has 0 bridgehead atoms. The summed E-state index contributed by atoms with van der Waals surface area (Å²) in [4.78, 5) is 6.73. The zero-order chi connectivity index (χ0) is 17.6. The molecule has 0 saturated carbocycles. The van der Waals surface area contributed by atoms with E-state index in [0.717, 1.165) is 70.5 Å². The van der Waals surface area contributed by atoms with E-state index in [9.17, 15) is 0 Å². The molecule has 1 aromatic carbocycles. The lowest BCUT2D eigenvalue weighted by molar-refractivity contribution is 0.0372. The van der Waals surface area contributed by atoms with E-state index in [1.807, 2.05) is 37.4 Å². The van der Waals surface area contributed by atoms with Gasteiger partial charge in [0.15, 0.2) is 5.96 Å². The van der Waals surface area contributed by atoms with Gasteiger partial charge in [0.25, 0.3) is 0 Å². The molecular weight excluding hydrogens is 316 g/mol. The normalized spacial score (nSPS) is 15.8. The lowest BCUT2D eigenvalue weighted by Crippen LogP contribution is -2.39. The Hall–Kier alpha value is -1.79. The van der Waals surface area contributed by atoms with E-state index < -0.39 is 0 Å². The van der Waals surface area contributed by atoms with Crippen LogP contribution in [0.1, 0.15) is 19.3 Å². The zero-order valence-electron chi connectivity index (χ0n) is 15.4. The van der Waals surface area contributed by atoms with Crippen LogP contribution >= 0.6 is 0 Å². The molecule has 0 aromatic heterocycles. The highest BCUT2D eigenvalue weighted by atomic mass is 16.5. The second kappa shape index (κ2) is 12.6. The SMILES string of the molecule is CN=C(NCCCCN1CCOCC1)NCCCOc1ccccc1. The number of nitrogens with zero attached hydrogens (tertiary/aromatic N) is 2. The van der Waals surface area contributed by atoms with E-state index in [4.69, 9.17) is 9.47 Å². The van der Waals surface area contributed by atoms with Crippen LogP contribution in [0.2, 0.25) is 0 Å². The summed E-state index contributed by atoms with van der Waals surface area (Å²) in [6.45, 7) is 7.56. The first-order valence-electron chi connectivity index (χ1n) is 9.31. The predicted octanol–water partition coefficient (Wildman–Crippen LogP) is 1.73. The number of guanidine groups is 1. The summed E-state index contributed by atoms with van der Waals surface area (Å²) in [5, 5.41) is 6.70. The van der Waals surface area contributed by atoms with Gasteiger partial charge in [0, 0.05) is 33.2 Å². The van der Waals surface area contributed by atoms with Crippen molar-refractivity contribution in [1.29, 1.82) is 0 Å². The Morgan fingerprint density at radius 3 is 2.52 bits per heavy atom. The van der Waals surface area contributed by atoms with Crippen molar-refractivity contribution in [2.45, 2.75) is 19.3 Å². The van der Waals surface area contributed by atoms with Crippen molar-refractivity contribution in [3.63, 3.8) is 0 Å². The molecule has 1 heterocycles. The van der Waals surface area contributed by atoms with Crippen LogP contribution in [0.3, 0.4) is 0 Å². The molecule has 0 aliphatic carbocycles. The zero-order valence-corrected chi connectivity index (χ0v) is 15.4. The third-order valence-corrected chi connectivity index (χ3v) is 4.15. The topological polar surface area (TPSA) is 58.1 Å². The first-order chi connectivity index (χ1) is 12.4. The fraction of sp³-hybridized carbons (Fsp3) is 0.632. The lowest BCUT2D eigenvalue weighted by Gasteiger charge is -2.26. The van der Waals surface area contributed by atoms with Crippen molar-refractivity contribution in [1.82, 2.24) is 15.5 Å². The Morgan fingerprint density at radius 2 is 1.80 bits per heavy atom. The highest BCUT2D eigenvalue weighted by molar-refractivity contribution is 5.79. The maximum Gasteiger partial charge on any atom is 0.190 e. The number of benzene rings is 1. The van der Waals surface area contributed by atoms with Crippen LogP contribution < -0.4 is 15.4 Å². The Morgan fingerprint density at radius 1 is 1.08 bits per heavy atom. The van der Waals surface area contributed by atoms with E-state index in [0.29, 0.717) is 6.61 Å². The second-order valence-electron chi connectivity index (χ2n) is 6.10. The molecule has 1 aliphatic rings. The molecule has 2 N–H and O–H groups in total. The molecule has 6 nitrogen and oxygen atoms in total. The molecular formula is C19H32N4O2. The van der Waals surface area contributed by atoms with Gasteiger partial charge in [0.2, 0.25) is 0 Å². The maximum atomic E-state index is 5.68. The van der Waals surface area contributed by atoms with Crippen LogP contribution in [0.15, 0.2) is 35.3 Å². The molecule has 0 atom stereocenters. The van der Waals surface area contributed by atoms with E-state index in [1.165, 1.54) is 6.42 Å². The van der Waals surface area contributed by atoms with Gasteiger partial charge >= 0.3 is 0 Å². The summed E-state index contributed by atoms with van der Waals surface area (Å²) in [5.74, 6) is 1.79. The molecule has 0 spiro atoms. The number of unbranched alkanes of at least 4 members (excludes halogenated alkanes) is 1.